The van der Waals surface area contributed by atoms with Crippen LogP contribution in [0.3, 0.4) is 0 Å². The Morgan fingerprint density at radius 2 is 1.95 bits per heavy atom. The van der Waals surface area contributed by atoms with E-state index in [-0.39, 0.29) is 18.6 Å². The summed E-state index contributed by atoms with van der Waals surface area (Å²) >= 11 is 0. The molecule has 1 amide bonds. The van der Waals surface area contributed by atoms with Crippen molar-refractivity contribution < 1.29 is 14.6 Å². The third-order valence-electron chi connectivity index (χ3n) is 3.71. The molecule has 1 N–H and O–H groups in total. The standard InChI is InChI=1S/C17H27NO3/c1-4-15(5-2)18(11-12-19)17(20)10-13-21-16-9-7-6-8-14(16)3/h6-9,15,19H,4-5,10-13H2,1-3H3. The number of para-hydroxylation sites is 1. The second-order valence-corrected chi connectivity index (χ2v) is 5.15. The summed E-state index contributed by atoms with van der Waals surface area (Å²) in [6, 6.07) is 7.98. The summed E-state index contributed by atoms with van der Waals surface area (Å²) < 4.78 is 5.67. The molecule has 0 aromatic heterocycles. The van der Waals surface area contributed by atoms with Gasteiger partial charge in [-0.15, -0.1) is 0 Å². The van der Waals surface area contributed by atoms with E-state index in [2.05, 4.69) is 13.8 Å². The van der Waals surface area contributed by atoms with Gasteiger partial charge in [-0.2, -0.15) is 0 Å². The molecule has 0 bridgehead atoms. The van der Waals surface area contributed by atoms with E-state index in [0.717, 1.165) is 24.2 Å². The number of carbonyl (C=O) groups is 1. The van der Waals surface area contributed by atoms with E-state index >= 15 is 0 Å². The van der Waals surface area contributed by atoms with E-state index in [0.29, 0.717) is 19.6 Å². The van der Waals surface area contributed by atoms with E-state index in [9.17, 15) is 4.79 Å². The van der Waals surface area contributed by atoms with Crippen LogP contribution in [-0.4, -0.2) is 41.7 Å². The van der Waals surface area contributed by atoms with Crippen molar-refractivity contribution >= 4 is 5.91 Å². The number of nitrogens with zero attached hydrogens (tertiary/aromatic N) is 1. The number of aliphatic hydroxyl groups excluding tert-OH is 1. The molecule has 0 spiro atoms. The molecule has 0 aliphatic rings. The molecule has 0 fully saturated rings. The van der Waals surface area contributed by atoms with Crippen molar-refractivity contribution in [1.82, 2.24) is 4.90 Å². The van der Waals surface area contributed by atoms with E-state index in [1.54, 1.807) is 4.90 Å². The molecule has 0 aliphatic carbocycles. The largest absolute Gasteiger partial charge is 0.493 e. The van der Waals surface area contributed by atoms with Gasteiger partial charge >= 0.3 is 0 Å². The van der Waals surface area contributed by atoms with Gasteiger partial charge in [-0.3, -0.25) is 4.79 Å². The first-order valence-corrected chi connectivity index (χ1v) is 7.72. The second kappa shape index (κ2) is 9.40. The van der Waals surface area contributed by atoms with Crippen LogP contribution < -0.4 is 4.74 Å². The Bertz CT molecular complexity index is 430. The maximum atomic E-state index is 12.3. The van der Waals surface area contributed by atoms with Crippen LogP contribution in [0.15, 0.2) is 24.3 Å². The van der Waals surface area contributed by atoms with Gasteiger partial charge in [0.15, 0.2) is 0 Å². The second-order valence-electron chi connectivity index (χ2n) is 5.15. The zero-order valence-electron chi connectivity index (χ0n) is 13.3. The Labute approximate surface area is 127 Å². The van der Waals surface area contributed by atoms with E-state index in [4.69, 9.17) is 9.84 Å². The van der Waals surface area contributed by atoms with Gasteiger partial charge < -0.3 is 14.7 Å². The average molecular weight is 293 g/mol. The van der Waals surface area contributed by atoms with E-state index < -0.39 is 0 Å². The lowest BCUT2D eigenvalue weighted by molar-refractivity contribution is -0.134. The first kappa shape index (κ1) is 17.5. The van der Waals surface area contributed by atoms with Crippen LogP contribution in [0.25, 0.3) is 0 Å². The molecule has 0 atom stereocenters. The zero-order chi connectivity index (χ0) is 15.7. The fraction of sp³-hybridized carbons (Fsp3) is 0.588. The number of hydrogen-bond acceptors (Lipinski definition) is 3. The van der Waals surface area contributed by atoms with Gasteiger partial charge in [0.25, 0.3) is 0 Å². The molecule has 21 heavy (non-hydrogen) atoms. The number of aliphatic hydroxyl groups is 1. The Kier molecular flexibility index (Phi) is 7.83. The highest BCUT2D eigenvalue weighted by Gasteiger charge is 2.20. The number of rotatable bonds is 9. The lowest BCUT2D eigenvalue weighted by Crippen LogP contribution is -2.42. The molecule has 0 heterocycles. The summed E-state index contributed by atoms with van der Waals surface area (Å²) in [6.07, 6.45) is 2.15. The van der Waals surface area contributed by atoms with Crippen LogP contribution in [0.4, 0.5) is 0 Å². The molecular weight excluding hydrogens is 266 g/mol. The smallest absolute Gasteiger partial charge is 0.226 e. The maximum Gasteiger partial charge on any atom is 0.226 e. The molecule has 1 aromatic rings. The summed E-state index contributed by atoms with van der Waals surface area (Å²) in [5.41, 5.74) is 1.07. The minimum absolute atomic E-state index is 0.000883. The quantitative estimate of drug-likeness (QED) is 0.761. The van der Waals surface area contributed by atoms with Crippen molar-refractivity contribution in [3.8, 4) is 5.75 Å². The number of benzene rings is 1. The molecule has 1 rings (SSSR count). The molecule has 0 unspecified atom stereocenters. The first-order chi connectivity index (χ1) is 10.1. The summed E-state index contributed by atoms with van der Waals surface area (Å²) in [5.74, 6) is 0.868. The third-order valence-corrected chi connectivity index (χ3v) is 3.71. The van der Waals surface area contributed by atoms with Crippen LogP contribution in [0.2, 0.25) is 0 Å². The minimum Gasteiger partial charge on any atom is -0.493 e. The van der Waals surface area contributed by atoms with Crippen molar-refractivity contribution in [3.63, 3.8) is 0 Å². The van der Waals surface area contributed by atoms with Gasteiger partial charge in [-0.25, -0.2) is 0 Å². The summed E-state index contributed by atoms with van der Waals surface area (Å²) in [4.78, 5) is 14.1. The molecule has 1 aromatic carbocycles. The first-order valence-electron chi connectivity index (χ1n) is 7.72. The molecular formula is C17H27NO3. The van der Waals surface area contributed by atoms with Crippen molar-refractivity contribution in [1.29, 1.82) is 0 Å². The molecule has 0 saturated carbocycles. The third kappa shape index (κ3) is 5.38. The van der Waals surface area contributed by atoms with Crippen LogP contribution in [0.5, 0.6) is 5.75 Å². The van der Waals surface area contributed by atoms with E-state index in [1.807, 2.05) is 31.2 Å². The fourth-order valence-electron chi connectivity index (χ4n) is 2.46. The topological polar surface area (TPSA) is 49.8 Å². The maximum absolute atomic E-state index is 12.3. The Balaban J connectivity index is 2.52. The summed E-state index contributed by atoms with van der Waals surface area (Å²) in [7, 11) is 0. The highest BCUT2D eigenvalue weighted by atomic mass is 16.5. The number of hydrogen-bond donors (Lipinski definition) is 1. The van der Waals surface area contributed by atoms with Gasteiger partial charge in [-0.1, -0.05) is 32.0 Å². The van der Waals surface area contributed by atoms with E-state index in [1.165, 1.54) is 0 Å². The molecule has 0 aliphatic heterocycles. The normalized spacial score (nSPS) is 10.7. The number of amides is 1. The number of carbonyl (C=O) groups excluding carboxylic acids is 1. The molecule has 4 heteroatoms. The molecule has 0 radical (unpaired) electrons. The lowest BCUT2D eigenvalue weighted by atomic mass is 10.1. The molecule has 0 saturated heterocycles. The van der Waals surface area contributed by atoms with Gasteiger partial charge in [0.1, 0.15) is 5.75 Å². The SMILES string of the molecule is CCC(CC)N(CCO)C(=O)CCOc1ccccc1C. The zero-order valence-corrected chi connectivity index (χ0v) is 13.3. The number of ether oxygens (including phenoxy) is 1. The highest BCUT2D eigenvalue weighted by molar-refractivity contribution is 5.76. The Morgan fingerprint density at radius 3 is 2.52 bits per heavy atom. The minimum atomic E-state index is 0.000883. The Hall–Kier alpha value is -1.55. The van der Waals surface area contributed by atoms with Crippen LogP contribution in [0.1, 0.15) is 38.7 Å². The monoisotopic (exact) mass is 293 g/mol. The van der Waals surface area contributed by atoms with Gasteiger partial charge in [0.2, 0.25) is 5.91 Å². The van der Waals surface area contributed by atoms with Gasteiger partial charge in [0.05, 0.1) is 19.6 Å². The molecule has 4 nitrogen and oxygen atoms in total. The fourth-order valence-corrected chi connectivity index (χ4v) is 2.46. The highest BCUT2D eigenvalue weighted by Crippen LogP contribution is 2.17. The Morgan fingerprint density at radius 1 is 1.29 bits per heavy atom. The predicted octanol–water partition coefficient (Wildman–Crippen LogP) is 2.77. The van der Waals surface area contributed by atoms with Crippen molar-refractivity contribution in [3.05, 3.63) is 29.8 Å². The lowest BCUT2D eigenvalue weighted by Gasteiger charge is -2.30. The summed E-state index contributed by atoms with van der Waals surface area (Å²) in [6.45, 7) is 6.88. The van der Waals surface area contributed by atoms with Crippen molar-refractivity contribution in [2.75, 3.05) is 19.8 Å². The predicted molar refractivity (Wildman–Crippen MR) is 84.5 cm³/mol. The van der Waals surface area contributed by atoms with Crippen LogP contribution in [-0.2, 0) is 4.79 Å². The van der Waals surface area contributed by atoms with Crippen molar-refractivity contribution in [2.45, 2.75) is 46.1 Å². The van der Waals surface area contributed by atoms with Crippen LogP contribution >= 0.6 is 0 Å². The van der Waals surface area contributed by atoms with Crippen LogP contribution in [0, 0.1) is 6.92 Å². The average Bonchev–Trinajstić information content (AvgIpc) is 2.49. The number of aryl methyl sites for hydroxylation is 1. The van der Waals surface area contributed by atoms with Gasteiger partial charge in [0, 0.05) is 12.6 Å². The van der Waals surface area contributed by atoms with Crippen molar-refractivity contribution in [2.24, 2.45) is 0 Å². The summed E-state index contributed by atoms with van der Waals surface area (Å²) in [5, 5.41) is 9.14. The van der Waals surface area contributed by atoms with Gasteiger partial charge in [-0.05, 0) is 31.4 Å². The molecule has 118 valence electrons.